The van der Waals surface area contributed by atoms with E-state index in [9.17, 15) is 17.8 Å². The molecule has 2 aromatic rings. The highest BCUT2D eigenvalue weighted by molar-refractivity contribution is 7.92. The molecule has 0 amide bonds. The van der Waals surface area contributed by atoms with E-state index in [2.05, 4.69) is 4.90 Å². The number of hydrogen-bond donors (Lipinski definition) is 1. The number of nitrogens with zero attached hydrogens (tertiary/aromatic N) is 4. The number of fused-ring (bicyclic) bond motifs is 1. The van der Waals surface area contributed by atoms with Crippen molar-refractivity contribution in [1.82, 2.24) is 9.97 Å². The summed E-state index contributed by atoms with van der Waals surface area (Å²) in [6, 6.07) is 6.17. The number of aryl methyl sites for hydroxylation is 1. The Hall–Kier alpha value is -2.41. The Bertz CT molecular complexity index is 1260. The molecular weight excluding hydrogens is 516 g/mol. The van der Waals surface area contributed by atoms with E-state index >= 15 is 0 Å². The zero-order chi connectivity index (χ0) is 26.3. The Morgan fingerprint density at radius 3 is 2.51 bits per heavy atom. The highest BCUT2D eigenvalue weighted by Gasteiger charge is 2.42. The van der Waals surface area contributed by atoms with Gasteiger partial charge in [-0.25, -0.2) is 18.2 Å². The molecule has 0 saturated carbocycles. The first-order valence-electron chi connectivity index (χ1n) is 12.6. The zero-order valence-electron chi connectivity index (χ0n) is 21.3. The summed E-state index contributed by atoms with van der Waals surface area (Å²) in [5.74, 6) is 1.55. The van der Waals surface area contributed by atoms with Crippen LogP contribution in [0.4, 0.5) is 11.8 Å². The first kappa shape index (κ1) is 26.2. The molecule has 0 aliphatic carbocycles. The SMILES string of the molecule is CC(C)S(=O)(=O)c1ccc(C(=O)OC2CN(c3nc4c(c(N(C)C5CCOCC5)n3)[S+](O)CC4)C2)cc1. The highest BCUT2D eigenvalue weighted by Crippen LogP contribution is 2.36. The molecule has 200 valence electrons. The molecule has 2 fully saturated rings. The number of sulfone groups is 1. The standard InChI is InChI=1S/C25H33N4O6S2/c1-16(2)37(32,33)20-6-4-17(5-7-20)24(30)35-19-14-29(15-19)25-26-21-10-13-36(31)22(21)23(27-25)28(3)18-8-11-34-12-9-18/h4-7,16,18-19,31H,8-15H2,1-3H3/q+1. The minimum atomic E-state index is -3.40. The van der Waals surface area contributed by atoms with Crippen molar-refractivity contribution in [1.29, 1.82) is 0 Å². The molecule has 1 aromatic heterocycles. The summed E-state index contributed by atoms with van der Waals surface area (Å²) in [6.07, 6.45) is 2.23. The maximum Gasteiger partial charge on any atom is 0.338 e. The van der Waals surface area contributed by atoms with Gasteiger partial charge in [0.05, 0.1) is 28.8 Å². The molecule has 1 aromatic carbocycles. The van der Waals surface area contributed by atoms with Gasteiger partial charge in [0.1, 0.15) is 11.8 Å². The van der Waals surface area contributed by atoms with E-state index in [0.29, 0.717) is 42.8 Å². The van der Waals surface area contributed by atoms with Crippen molar-refractivity contribution >= 4 is 38.7 Å². The lowest BCUT2D eigenvalue weighted by Gasteiger charge is -2.39. The number of hydrogen-bond acceptors (Lipinski definition) is 10. The summed E-state index contributed by atoms with van der Waals surface area (Å²) in [7, 11) is -1.37. The van der Waals surface area contributed by atoms with Gasteiger partial charge in [-0.1, -0.05) is 0 Å². The molecule has 1 atom stereocenters. The van der Waals surface area contributed by atoms with Gasteiger partial charge in [0.25, 0.3) is 4.90 Å². The number of benzene rings is 1. The second-order valence-electron chi connectivity index (χ2n) is 9.95. The molecule has 0 radical (unpaired) electrons. The van der Waals surface area contributed by atoms with E-state index in [1.54, 1.807) is 13.8 Å². The normalized spacial score (nSPS) is 20.6. The molecule has 1 unspecified atom stereocenters. The summed E-state index contributed by atoms with van der Waals surface area (Å²) in [5, 5.41) is -0.534. The van der Waals surface area contributed by atoms with Crippen LogP contribution in [0.5, 0.6) is 0 Å². The van der Waals surface area contributed by atoms with Gasteiger partial charge < -0.3 is 19.3 Å². The van der Waals surface area contributed by atoms with Gasteiger partial charge in [-0.05, 0) is 51.0 Å². The predicted molar refractivity (Wildman–Crippen MR) is 141 cm³/mol. The van der Waals surface area contributed by atoms with E-state index < -0.39 is 32.2 Å². The molecule has 5 rings (SSSR count). The van der Waals surface area contributed by atoms with Gasteiger partial charge >= 0.3 is 5.97 Å². The number of carbonyl (C=O) groups is 1. The van der Waals surface area contributed by atoms with Crippen molar-refractivity contribution in [3.8, 4) is 0 Å². The average Bonchev–Trinajstić information content (AvgIpc) is 3.25. The molecule has 1 N–H and O–H groups in total. The molecule has 37 heavy (non-hydrogen) atoms. The fourth-order valence-corrected chi connectivity index (χ4v) is 7.22. The Morgan fingerprint density at radius 2 is 1.86 bits per heavy atom. The molecule has 0 spiro atoms. The highest BCUT2D eigenvalue weighted by atomic mass is 32.2. The van der Waals surface area contributed by atoms with E-state index in [0.717, 1.165) is 42.5 Å². The summed E-state index contributed by atoms with van der Waals surface area (Å²) < 4.78 is 46.4. The zero-order valence-corrected chi connectivity index (χ0v) is 22.9. The van der Waals surface area contributed by atoms with Crippen LogP contribution in [-0.2, 0) is 36.9 Å². The third-order valence-corrected chi connectivity index (χ3v) is 10.8. The fourth-order valence-electron chi connectivity index (χ4n) is 4.75. The third kappa shape index (κ3) is 5.16. The monoisotopic (exact) mass is 549 g/mol. The minimum absolute atomic E-state index is 0.190. The van der Waals surface area contributed by atoms with Gasteiger partial charge in [0.15, 0.2) is 32.6 Å². The van der Waals surface area contributed by atoms with Crippen LogP contribution in [0, 0.1) is 0 Å². The van der Waals surface area contributed by atoms with E-state index in [1.807, 2.05) is 11.9 Å². The van der Waals surface area contributed by atoms with Crippen molar-refractivity contribution in [3.05, 3.63) is 35.5 Å². The van der Waals surface area contributed by atoms with Gasteiger partial charge in [-0.2, -0.15) is 9.54 Å². The lowest BCUT2D eigenvalue weighted by Crippen LogP contribution is -2.54. The van der Waals surface area contributed by atoms with Crippen molar-refractivity contribution in [2.45, 2.75) is 60.3 Å². The average molecular weight is 550 g/mol. The Morgan fingerprint density at radius 1 is 1.19 bits per heavy atom. The van der Waals surface area contributed by atoms with E-state index in [1.165, 1.54) is 24.3 Å². The van der Waals surface area contributed by atoms with Crippen LogP contribution < -0.4 is 9.80 Å². The second-order valence-corrected chi connectivity index (χ2v) is 14.0. The predicted octanol–water partition coefficient (Wildman–Crippen LogP) is 2.33. The van der Waals surface area contributed by atoms with Crippen molar-refractivity contribution in [3.63, 3.8) is 0 Å². The van der Waals surface area contributed by atoms with Crippen LogP contribution >= 0.6 is 0 Å². The summed E-state index contributed by atoms with van der Waals surface area (Å²) in [6.45, 7) is 5.62. The van der Waals surface area contributed by atoms with Gasteiger partial charge in [-0.3, -0.25) is 0 Å². The Balaban J connectivity index is 1.25. The molecule has 4 heterocycles. The second kappa shape index (κ2) is 10.4. The molecule has 3 aliphatic heterocycles. The first-order chi connectivity index (χ1) is 17.6. The smallest absolute Gasteiger partial charge is 0.338 e. The van der Waals surface area contributed by atoms with Crippen molar-refractivity contribution < 1.29 is 27.2 Å². The third-order valence-electron chi connectivity index (χ3n) is 7.19. The number of esters is 1. The molecule has 0 bridgehead atoms. The summed E-state index contributed by atoms with van der Waals surface area (Å²) in [5.41, 5.74) is 1.20. The van der Waals surface area contributed by atoms with Crippen LogP contribution in [0.25, 0.3) is 0 Å². The molecule has 2 saturated heterocycles. The number of anilines is 2. The van der Waals surface area contributed by atoms with E-state index in [-0.39, 0.29) is 11.0 Å². The number of carbonyl (C=O) groups excluding carboxylic acids is 1. The molecule has 3 aliphatic rings. The Labute approximate surface area is 220 Å². The fraction of sp³-hybridized carbons (Fsp3) is 0.560. The van der Waals surface area contributed by atoms with Crippen LogP contribution in [-0.4, -0.2) is 85.4 Å². The number of rotatable bonds is 7. The maximum atomic E-state index is 12.6. The topological polar surface area (TPSA) is 122 Å². The van der Waals surface area contributed by atoms with Gasteiger partial charge in [0, 0.05) is 32.7 Å². The quantitative estimate of drug-likeness (QED) is 0.407. The largest absolute Gasteiger partial charge is 0.455 e. The van der Waals surface area contributed by atoms with Crippen molar-refractivity contribution in [2.75, 3.05) is 48.9 Å². The van der Waals surface area contributed by atoms with Crippen LogP contribution in [0.3, 0.4) is 0 Å². The minimum Gasteiger partial charge on any atom is -0.455 e. The Kier molecular flexibility index (Phi) is 7.36. The van der Waals surface area contributed by atoms with Gasteiger partial charge in [0.2, 0.25) is 5.95 Å². The lowest BCUT2D eigenvalue weighted by atomic mass is 10.1. The summed E-state index contributed by atoms with van der Waals surface area (Å²) in [4.78, 5) is 27.4. The number of aromatic nitrogens is 2. The molecule has 12 heteroatoms. The summed E-state index contributed by atoms with van der Waals surface area (Å²) >= 11 is -0.859. The van der Waals surface area contributed by atoms with Crippen LogP contribution in [0.15, 0.2) is 34.1 Å². The lowest BCUT2D eigenvalue weighted by molar-refractivity contribution is 0.0231. The van der Waals surface area contributed by atoms with Gasteiger partial charge in [-0.15, -0.1) is 0 Å². The number of ether oxygens (including phenoxy) is 2. The first-order valence-corrected chi connectivity index (χ1v) is 15.5. The molecular formula is C25H33N4O6S2+. The maximum absolute atomic E-state index is 12.6. The molecule has 10 nitrogen and oxygen atoms in total. The van der Waals surface area contributed by atoms with E-state index in [4.69, 9.17) is 19.4 Å². The van der Waals surface area contributed by atoms with Crippen LogP contribution in [0.1, 0.15) is 42.7 Å². The van der Waals surface area contributed by atoms with Crippen molar-refractivity contribution in [2.24, 2.45) is 0 Å². The van der Waals surface area contributed by atoms with Crippen LogP contribution in [0.2, 0.25) is 0 Å².